The molecule has 3 aromatic rings. The van der Waals surface area contributed by atoms with Crippen molar-refractivity contribution in [3.63, 3.8) is 0 Å². The Balaban J connectivity index is 1.58. The Hall–Kier alpha value is -3.37. The van der Waals surface area contributed by atoms with E-state index >= 15 is 0 Å². The number of rotatable bonds is 5. The lowest BCUT2D eigenvalue weighted by Gasteiger charge is -2.20. The van der Waals surface area contributed by atoms with E-state index in [-0.39, 0.29) is 11.4 Å². The molecule has 156 valence electrons. The highest BCUT2D eigenvalue weighted by molar-refractivity contribution is 7.99. The maximum atomic E-state index is 14.6. The van der Waals surface area contributed by atoms with E-state index in [0.29, 0.717) is 29.1 Å². The summed E-state index contributed by atoms with van der Waals surface area (Å²) in [7, 11) is 0. The number of carbonyl (C=O) groups is 1. The van der Waals surface area contributed by atoms with E-state index in [1.807, 2.05) is 6.07 Å². The van der Waals surface area contributed by atoms with Gasteiger partial charge in [0.25, 0.3) is 5.91 Å². The van der Waals surface area contributed by atoms with E-state index in [1.165, 1.54) is 11.8 Å². The van der Waals surface area contributed by atoms with Gasteiger partial charge in [0.05, 0.1) is 11.1 Å². The van der Waals surface area contributed by atoms with Crippen molar-refractivity contribution in [1.82, 2.24) is 0 Å². The standard InChI is InChI=1S/C24H19F2N3OS/c25-19-13-17(14-20(26)23(19)29-11-5-6-12-29)28-24(30)18-8-2-4-10-22(18)31-21-9-3-1-7-16(21)15-27/h1-4,7-10,13-14H,5-6,11-12H2,(H,28,30). The van der Waals surface area contributed by atoms with Crippen molar-refractivity contribution in [2.24, 2.45) is 0 Å². The van der Waals surface area contributed by atoms with Crippen molar-refractivity contribution in [3.05, 3.63) is 83.4 Å². The van der Waals surface area contributed by atoms with Crippen molar-refractivity contribution in [2.45, 2.75) is 22.6 Å². The van der Waals surface area contributed by atoms with Crippen LogP contribution in [0.15, 0.2) is 70.5 Å². The highest BCUT2D eigenvalue weighted by Crippen LogP contribution is 2.34. The van der Waals surface area contributed by atoms with Crippen LogP contribution in [0.3, 0.4) is 0 Å². The number of nitriles is 1. The minimum Gasteiger partial charge on any atom is -0.367 e. The molecule has 0 radical (unpaired) electrons. The summed E-state index contributed by atoms with van der Waals surface area (Å²) in [6, 6.07) is 18.4. The summed E-state index contributed by atoms with van der Waals surface area (Å²) in [6.45, 7) is 1.24. The van der Waals surface area contributed by atoms with E-state index in [0.717, 1.165) is 29.9 Å². The van der Waals surface area contributed by atoms with E-state index in [4.69, 9.17) is 0 Å². The van der Waals surface area contributed by atoms with Gasteiger partial charge in [-0.05, 0) is 49.2 Å². The van der Waals surface area contributed by atoms with Crippen LogP contribution in [0.4, 0.5) is 20.2 Å². The third-order valence-electron chi connectivity index (χ3n) is 5.06. The third-order valence-corrected chi connectivity index (χ3v) is 6.21. The number of nitrogens with one attached hydrogen (secondary N) is 1. The summed E-state index contributed by atoms with van der Waals surface area (Å²) in [6.07, 6.45) is 1.81. The van der Waals surface area contributed by atoms with Crippen LogP contribution in [0.25, 0.3) is 0 Å². The average molecular weight is 435 g/mol. The lowest BCUT2D eigenvalue weighted by Crippen LogP contribution is -2.21. The normalized spacial score (nSPS) is 13.1. The quantitative estimate of drug-likeness (QED) is 0.547. The molecule has 0 aliphatic carbocycles. The minimum absolute atomic E-state index is 0.0421. The van der Waals surface area contributed by atoms with Crippen LogP contribution in [0.2, 0.25) is 0 Å². The molecule has 1 N–H and O–H groups in total. The summed E-state index contributed by atoms with van der Waals surface area (Å²) in [5.41, 5.74) is 0.869. The van der Waals surface area contributed by atoms with Crippen molar-refractivity contribution in [2.75, 3.05) is 23.3 Å². The molecule has 3 aromatic carbocycles. The van der Waals surface area contributed by atoms with Gasteiger partial charge in [-0.1, -0.05) is 36.0 Å². The molecule has 31 heavy (non-hydrogen) atoms. The Morgan fingerprint density at radius 2 is 1.58 bits per heavy atom. The summed E-state index contributed by atoms with van der Waals surface area (Å²) >= 11 is 1.29. The molecule has 1 aliphatic rings. The Kier molecular flexibility index (Phi) is 6.19. The fourth-order valence-electron chi connectivity index (χ4n) is 3.59. The first-order chi connectivity index (χ1) is 15.1. The number of nitrogens with zero attached hydrogens (tertiary/aromatic N) is 2. The van der Waals surface area contributed by atoms with E-state index in [1.54, 1.807) is 47.4 Å². The molecule has 0 unspecified atom stereocenters. The van der Waals surface area contributed by atoms with Crippen LogP contribution in [0.1, 0.15) is 28.8 Å². The molecule has 1 saturated heterocycles. The number of halogens is 2. The van der Waals surface area contributed by atoms with Crippen molar-refractivity contribution in [3.8, 4) is 6.07 Å². The van der Waals surface area contributed by atoms with Crippen LogP contribution < -0.4 is 10.2 Å². The van der Waals surface area contributed by atoms with Crippen molar-refractivity contribution >= 4 is 29.0 Å². The van der Waals surface area contributed by atoms with Gasteiger partial charge in [0.15, 0.2) is 11.6 Å². The zero-order valence-electron chi connectivity index (χ0n) is 16.6. The molecule has 0 atom stereocenters. The Bertz CT molecular complexity index is 1150. The van der Waals surface area contributed by atoms with E-state index in [9.17, 15) is 18.8 Å². The van der Waals surface area contributed by atoms with Gasteiger partial charge < -0.3 is 10.2 Å². The minimum atomic E-state index is -0.692. The molecule has 1 amide bonds. The van der Waals surface area contributed by atoms with Gasteiger partial charge in [0, 0.05) is 28.6 Å². The fraction of sp³-hybridized carbons (Fsp3) is 0.167. The number of amides is 1. The number of carbonyl (C=O) groups excluding carboxylic acids is 1. The maximum Gasteiger partial charge on any atom is 0.256 e. The van der Waals surface area contributed by atoms with Gasteiger partial charge in [-0.15, -0.1) is 0 Å². The average Bonchev–Trinajstić information content (AvgIpc) is 3.28. The van der Waals surface area contributed by atoms with Crippen LogP contribution in [-0.4, -0.2) is 19.0 Å². The summed E-state index contributed by atoms with van der Waals surface area (Å²) in [4.78, 5) is 15.9. The molecule has 7 heteroatoms. The number of hydrogen-bond donors (Lipinski definition) is 1. The summed E-state index contributed by atoms with van der Waals surface area (Å²) in [5.74, 6) is -1.86. The molecule has 0 aromatic heterocycles. The van der Waals surface area contributed by atoms with Crippen LogP contribution >= 0.6 is 11.8 Å². The van der Waals surface area contributed by atoms with Gasteiger partial charge in [0.2, 0.25) is 0 Å². The third kappa shape index (κ3) is 4.54. The molecule has 0 spiro atoms. The second-order valence-electron chi connectivity index (χ2n) is 7.14. The molecule has 1 aliphatic heterocycles. The summed E-state index contributed by atoms with van der Waals surface area (Å²) in [5, 5.41) is 11.9. The number of benzene rings is 3. The van der Waals surface area contributed by atoms with E-state index in [2.05, 4.69) is 11.4 Å². The molecule has 0 saturated carbocycles. The van der Waals surface area contributed by atoms with Gasteiger partial charge in [-0.3, -0.25) is 4.79 Å². The van der Waals surface area contributed by atoms with Crippen molar-refractivity contribution < 1.29 is 13.6 Å². The van der Waals surface area contributed by atoms with E-state index < -0.39 is 17.5 Å². The first-order valence-electron chi connectivity index (χ1n) is 9.88. The monoisotopic (exact) mass is 435 g/mol. The molecule has 4 rings (SSSR count). The van der Waals surface area contributed by atoms with Crippen molar-refractivity contribution in [1.29, 1.82) is 5.26 Å². The zero-order valence-corrected chi connectivity index (χ0v) is 17.4. The fourth-order valence-corrected chi connectivity index (χ4v) is 4.61. The van der Waals surface area contributed by atoms with Crippen LogP contribution in [-0.2, 0) is 0 Å². The molecule has 0 bridgehead atoms. The molecular formula is C24H19F2N3OS. The predicted octanol–water partition coefficient (Wildman–Crippen LogP) is 5.84. The second-order valence-corrected chi connectivity index (χ2v) is 8.23. The number of hydrogen-bond acceptors (Lipinski definition) is 4. The van der Waals surface area contributed by atoms with Gasteiger partial charge in [-0.2, -0.15) is 5.26 Å². The maximum absolute atomic E-state index is 14.6. The molecular weight excluding hydrogens is 416 g/mol. The Morgan fingerprint density at radius 3 is 2.26 bits per heavy atom. The Morgan fingerprint density at radius 1 is 0.968 bits per heavy atom. The van der Waals surface area contributed by atoms with Gasteiger partial charge in [-0.25, -0.2) is 8.78 Å². The van der Waals surface area contributed by atoms with Crippen LogP contribution in [0, 0.1) is 23.0 Å². The first kappa shape index (κ1) is 20.9. The smallest absolute Gasteiger partial charge is 0.256 e. The zero-order chi connectivity index (χ0) is 21.8. The lowest BCUT2D eigenvalue weighted by molar-refractivity contribution is 0.102. The summed E-state index contributed by atoms with van der Waals surface area (Å²) < 4.78 is 29.2. The van der Waals surface area contributed by atoms with Gasteiger partial charge >= 0.3 is 0 Å². The highest BCUT2D eigenvalue weighted by Gasteiger charge is 2.22. The topological polar surface area (TPSA) is 56.1 Å². The molecule has 4 nitrogen and oxygen atoms in total. The SMILES string of the molecule is N#Cc1ccccc1Sc1ccccc1C(=O)Nc1cc(F)c(N2CCCC2)c(F)c1. The largest absolute Gasteiger partial charge is 0.367 e. The second kappa shape index (κ2) is 9.19. The first-order valence-corrected chi connectivity index (χ1v) is 10.7. The van der Waals surface area contributed by atoms with Crippen LogP contribution in [0.5, 0.6) is 0 Å². The highest BCUT2D eigenvalue weighted by atomic mass is 32.2. The number of anilines is 2. The van der Waals surface area contributed by atoms with Gasteiger partial charge in [0.1, 0.15) is 11.8 Å². The predicted molar refractivity (Wildman–Crippen MR) is 117 cm³/mol. The lowest BCUT2D eigenvalue weighted by atomic mass is 10.2. The molecule has 1 fully saturated rings. The molecule has 1 heterocycles. The Labute approximate surface area is 183 Å².